The van der Waals surface area contributed by atoms with Crippen LogP contribution >= 0.6 is 12.4 Å². The highest BCUT2D eigenvalue weighted by molar-refractivity contribution is 5.85. The molecule has 0 bridgehead atoms. The van der Waals surface area contributed by atoms with Gasteiger partial charge in [-0.1, -0.05) is 0 Å². The molecule has 0 amide bonds. The maximum absolute atomic E-state index is 11.0. The second-order valence-electron chi connectivity index (χ2n) is 2.68. The fraction of sp³-hybridized carbons (Fsp3) is 0.571. The van der Waals surface area contributed by atoms with Crippen LogP contribution in [0.1, 0.15) is 11.3 Å². The van der Waals surface area contributed by atoms with Crippen LogP contribution in [0.3, 0.4) is 0 Å². The van der Waals surface area contributed by atoms with Gasteiger partial charge in [0.15, 0.2) is 0 Å². The number of rotatable bonds is 0. The minimum absolute atomic E-state index is 0. The largest absolute Gasteiger partial charge is 0.383 e. The van der Waals surface area contributed by atoms with Gasteiger partial charge in [0.05, 0.1) is 5.56 Å². The van der Waals surface area contributed by atoms with E-state index in [2.05, 4.69) is 10.5 Å². The number of fused-ring (bicyclic) bond motifs is 1. The van der Waals surface area contributed by atoms with Gasteiger partial charge in [-0.25, -0.2) is 0 Å². The molecule has 1 aliphatic heterocycles. The third-order valence-electron chi connectivity index (χ3n) is 1.96. The predicted molar refractivity (Wildman–Crippen MR) is 46.9 cm³/mol. The van der Waals surface area contributed by atoms with E-state index in [4.69, 9.17) is 4.52 Å². The summed E-state index contributed by atoms with van der Waals surface area (Å²) in [4.78, 5) is 11.0. The monoisotopic (exact) mass is 190 g/mol. The van der Waals surface area contributed by atoms with Crippen LogP contribution in [0.2, 0.25) is 0 Å². The van der Waals surface area contributed by atoms with E-state index in [9.17, 15) is 4.79 Å². The molecule has 0 fully saturated rings. The third-order valence-corrected chi connectivity index (χ3v) is 1.96. The Morgan fingerprint density at radius 2 is 2.00 bits per heavy atom. The molecule has 0 spiro atoms. The average Bonchev–Trinajstić information content (AvgIpc) is 2.25. The van der Waals surface area contributed by atoms with Crippen LogP contribution in [-0.4, -0.2) is 18.2 Å². The van der Waals surface area contributed by atoms with Crippen molar-refractivity contribution in [3.05, 3.63) is 21.7 Å². The average molecular weight is 191 g/mol. The molecule has 0 unspecified atom stereocenters. The van der Waals surface area contributed by atoms with Gasteiger partial charge in [0.2, 0.25) is 0 Å². The number of nitrogens with one attached hydrogen (secondary N) is 2. The first-order chi connectivity index (χ1) is 5.38. The van der Waals surface area contributed by atoms with Crippen LogP contribution in [-0.2, 0) is 12.8 Å². The zero-order valence-electron chi connectivity index (χ0n) is 6.55. The van der Waals surface area contributed by atoms with Crippen LogP contribution in [0.5, 0.6) is 0 Å². The van der Waals surface area contributed by atoms with Crippen LogP contribution in [0, 0.1) is 0 Å². The normalized spacial score (nSPS) is 16.0. The quantitative estimate of drug-likeness (QED) is 0.609. The highest BCUT2D eigenvalue weighted by atomic mass is 35.5. The summed E-state index contributed by atoms with van der Waals surface area (Å²) < 4.78 is 4.99. The molecule has 1 aliphatic rings. The molecule has 2 rings (SSSR count). The van der Waals surface area contributed by atoms with Crippen molar-refractivity contribution in [3.63, 3.8) is 0 Å². The molecule has 0 atom stereocenters. The fourth-order valence-corrected chi connectivity index (χ4v) is 1.35. The van der Waals surface area contributed by atoms with E-state index in [1.807, 2.05) is 0 Å². The summed E-state index contributed by atoms with van der Waals surface area (Å²) in [5.41, 5.74) is 0.749. The molecule has 4 nitrogen and oxygen atoms in total. The highest BCUT2D eigenvalue weighted by Gasteiger charge is 2.14. The molecule has 12 heavy (non-hydrogen) atoms. The zero-order valence-corrected chi connectivity index (χ0v) is 7.37. The first-order valence-corrected chi connectivity index (χ1v) is 3.78. The van der Waals surface area contributed by atoms with E-state index in [-0.39, 0.29) is 18.0 Å². The summed E-state index contributed by atoms with van der Waals surface area (Å²) in [6.07, 6.45) is 1.59. The van der Waals surface area contributed by atoms with Gasteiger partial charge in [-0.3, -0.25) is 4.79 Å². The second-order valence-corrected chi connectivity index (χ2v) is 2.68. The van der Waals surface area contributed by atoms with E-state index >= 15 is 0 Å². The molecule has 2 N–H and O–H groups in total. The fourth-order valence-electron chi connectivity index (χ4n) is 1.35. The summed E-state index contributed by atoms with van der Waals surface area (Å²) in [5, 5.41) is 5.54. The zero-order chi connectivity index (χ0) is 7.68. The lowest BCUT2D eigenvalue weighted by molar-refractivity contribution is 0.378. The molecule has 1 aromatic heterocycles. The van der Waals surface area contributed by atoms with Crippen molar-refractivity contribution < 1.29 is 4.52 Å². The Hall–Kier alpha value is -0.740. The molecule has 0 saturated heterocycles. The summed E-state index contributed by atoms with van der Waals surface area (Å²) in [5.74, 6) is 0.819. The lowest BCUT2D eigenvalue weighted by Crippen LogP contribution is -2.17. The number of H-pyrrole nitrogens is 1. The Morgan fingerprint density at radius 3 is 2.83 bits per heavy atom. The Labute approximate surface area is 75.7 Å². The molecule has 0 aliphatic carbocycles. The molecule has 1 aromatic rings. The third kappa shape index (κ3) is 1.54. The lowest BCUT2D eigenvalue weighted by atomic mass is 10.2. The van der Waals surface area contributed by atoms with Gasteiger partial charge in [0.1, 0.15) is 5.76 Å². The van der Waals surface area contributed by atoms with E-state index in [1.165, 1.54) is 0 Å². The van der Waals surface area contributed by atoms with Gasteiger partial charge in [-0.05, 0) is 13.0 Å². The van der Waals surface area contributed by atoms with Crippen molar-refractivity contribution in [1.29, 1.82) is 0 Å². The smallest absolute Gasteiger partial charge is 0.283 e. The van der Waals surface area contributed by atoms with Gasteiger partial charge in [0, 0.05) is 13.0 Å². The summed E-state index contributed by atoms with van der Waals surface area (Å²) in [7, 11) is 0. The van der Waals surface area contributed by atoms with Crippen molar-refractivity contribution in [2.45, 2.75) is 12.8 Å². The lowest BCUT2D eigenvalue weighted by Gasteiger charge is -1.92. The molecule has 68 valence electrons. The molecule has 5 heteroatoms. The van der Waals surface area contributed by atoms with Crippen molar-refractivity contribution in [2.75, 3.05) is 13.1 Å². The number of halogens is 1. The van der Waals surface area contributed by atoms with Crippen LogP contribution in [0.25, 0.3) is 0 Å². The summed E-state index contributed by atoms with van der Waals surface area (Å²) in [6, 6.07) is 0. The van der Waals surface area contributed by atoms with Crippen LogP contribution in [0.4, 0.5) is 0 Å². The Morgan fingerprint density at radius 1 is 1.25 bits per heavy atom. The van der Waals surface area contributed by atoms with Crippen molar-refractivity contribution in [1.82, 2.24) is 10.5 Å². The van der Waals surface area contributed by atoms with E-state index in [1.54, 1.807) is 0 Å². The molecule has 2 heterocycles. The van der Waals surface area contributed by atoms with Crippen LogP contribution in [0.15, 0.2) is 9.32 Å². The number of aromatic nitrogens is 1. The van der Waals surface area contributed by atoms with Gasteiger partial charge in [-0.2, -0.15) is 5.16 Å². The van der Waals surface area contributed by atoms with Gasteiger partial charge in [0.25, 0.3) is 5.56 Å². The minimum Gasteiger partial charge on any atom is -0.383 e. The molecule has 0 saturated carbocycles. The first kappa shape index (κ1) is 9.35. The SMILES string of the molecule is Cl.O=c1[nH]oc2c1CCNCC2. The van der Waals surface area contributed by atoms with Crippen molar-refractivity contribution in [3.8, 4) is 0 Å². The summed E-state index contributed by atoms with van der Waals surface area (Å²) >= 11 is 0. The standard InChI is InChI=1S/C7H10N2O2.ClH/c10-7-5-1-3-8-4-2-6(5)11-9-7;/h8H,1-4H2,(H,9,10);1H. The predicted octanol–water partition coefficient (Wildman–Crippen LogP) is 0.0779. The summed E-state index contributed by atoms with van der Waals surface area (Å²) in [6.45, 7) is 1.77. The first-order valence-electron chi connectivity index (χ1n) is 3.78. The molecule has 0 aromatic carbocycles. The number of aromatic amines is 1. The Balaban J connectivity index is 0.000000720. The molecule has 0 radical (unpaired) electrons. The molecular weight excluding hydrogens is 180 g/mol. The second kappa shape index (κ2) is 3.78. The maximum Gasteiger partial charge on any atom is 0.283 e. The van der Waals surface area contributed by atoms with E-state index in [0.29, 0.717) is 0 Å². The van der Waals surface area contributed by atoms with Gasteiger partial charge < -0.3 is 9.84 Å². The van der Waals surface area contributed by atoms with Gasteiger partial charge >= 0.3 is 0 Å². The van der Waals surface area contributed by atoms with Crippen molar-refractivity contribution >= 4 is 12.4 Å². The molecular formula is C7H11ClN2O2. The Bertz CT molecular complexity index is 305. The topological polar surface area (TPSA) is 58.0 Å². The highest BCUT2D eigenvalue weighted by Crippen LogP contribution is 2.06. The maximum atomic E-state index is 11.0. The number of hydrogen-bond donors (Lipinski definition) is 2. The van der Waals surface area contributed by atoms with E-state index in [0.717, 1.165) is 37.3 Å². The van der Waals surface area contributed by atoms with Crippen molar-refractivity contribution in [2.24, 2.45) is 0 Å². The van der Waals surface area contributed by atoms with E-state index < -0.39 is 0 Å². The van der Waals surface area contributed by atoms with Gasteiger partial charge in [-0.15, -0.1) is 12.4 Å². The Kier molecular flexibility index (Phi) is 2.94. The van der Waals surface area contributed by atoms with Crippen LogP contribution < -0.4 is 10.9 Å². The number of hydrogen-bond acceptors (Lipinski definition) is 3. The minimum atomic E-state index is -0.0660.